The fourth-order valence-electron chi connectivity index (χ4n) is 4.24. The minimum absolute atomic E-state index is 0.0531. The van der Waals surface area contributed by atoms with Crippen LogP contribution in [0.4, 0.5) is 0 Å². The highest BCUT2D eigenvalue weighted by atomic mass is 16.2. The number of unbranched alkanes of at least 4 members (excludes halogenated alkanes) is 1. The van der Waals surface area contributed by atoms with E-state index in [4.69, 9.17) is 0 Å². The third-order valence-electron chi connectivity index (χ3n) is 5.91. The van der Waals surface area contributed by atoms with Crippen molar-refractivity contribution in [3.63, 3.8) is 0 Å². The van der Waals surface area contributed by atoms with Crippen molar-refractivity contribution in [2.75, 3.05) is 13.6 Å². The largest absolute Gasteiger partial charge is 0.347 e. The number of imidazole rings is 1. The number of rotatable bonds is 6. The summed E-state index contributed by atoms with van der Waals surface area (Å²) < 4.78 is 2.00. The van der Waals surface area contributed by atoms with Crippen molar-refractivity contribution < 1.29 is 9.59 Å². The third-order valence-corrected chi connectivity index (χ3v) is 5.91. The number of nitrogens with zero attached hydrogens (tertiary/aromatic N) is 3. The number of hydrogen-bond acceptors (Lipinski definition) is 3. The van der Waals surface area contributed by atoms with Crippen LogP contribution in [0.25, 0.3) is 0 Å². The Morgan fingerprint density at radius 3 is 2.59 bits per heavy atom. The van der Waals surface area contributed by atoms with E-state index in [0.29, 0.717) is 11.5 Å². The van der Waals surface area contributed by atoms with Crippen molar-refractivity contribution in [3.05, 3.63) is 17.2 Å². The summed E-state index contributed by atoms with van der Waals surface area (Å²) in [4.78, 5) is 32.2. The van der Waals surface area contributed by atoms with Gasteiger partial charge in [-0.1, -0.05) is 39.0 Å². The predicted octanol–water partition coefficient (Wildman–Crippen LogP) is 3.54. The van der Waals surface area contributed by atoms with Crippen LogP contribution in [-0.2, 0) is 13.0 Å². The summed E-state index contributed by atoms with van der Waals surface area (Å²) in [5, 5.41) is 3.19. The molecule has 150 valence electrons. The van der Waals surface area contributed by atoms with Gasteiger partial charge in [0.2, 0.25) is 0 Å². The average molecular weight is 375 g/mol. The molecule has 0 saturated heterocycles. The van der Waals surface area contributed by atoms with Crippen LogP contribution in [0, 0.1) is 0 Å². The van der Waals surface area contributed by atoms with Crippen LogP contribution in [0.3, 0.4) is 0 Å². The number of aromatic nitrogens is 2. The van der Waals surface area contributed by atoms with E-state index in [0.717, 1.165) is 63.7 Å². The van der Waals surface area contributed by atoms with Gasteiger partial charge in [0.1, 0.15) is 5.69 Å². The van der Waals surface area contributed by atoms with Crippen molar-refractivity contribution in [2.24, 2.45) is 0 Å². The molecule has 0 aromatic carbocycles. The molecule has 0 bridgehead atoms. The molecular formula is C21H34N4O2. The molecular weight excluding hydrogens is 340 g/mol. The van der Waals surface area contributed by atoms with E-state index in [9.17, 15) is 9.59 Å². The zero-order valence-corrected chi connectivity index (χ0v) is 16.9. The maximum atomic E-state index is 13.0. The molecule has 1 aliphatic carbocycles. The third kappa shape index (κ3) is 4.71. The lowest BCUT2D eigenvalue weighted by molar-refractivity contribution is 0.0786. The standard InChI is InChI=1S/C21H34N4O2/c1-3-4-14-24(2)21(27)18-17-13-9-10-15-25(17)19(23-18)20(26)22-16-11-7-5-6-8-12-16/h16H,3-15H2,1-2H3,(H,22,26). The van der Waals surface area contributed by atoms with E-state index in [1.54, 1.807) is 4.90 Å². The maximum Gasteiger partial charge on any atom is 0.287 e. The first kappa shape index (κ1) is 19.9. The number of amides is 2. The van der Waals surface area contributed by atoms with Crippen molar-refractivity contribution >= 4 is 11.8 Å². The van der Waals surface area contributed by atoms with Gasteiger partial charge in [-0.2, -0.15) is 0 Å². The Morgan fingerprint density at radius 1 is 1.15 bits per heavy atom. The van der Waals surface area contributed by atoms with Crippen molar-refractivity contribution in [1.82, 2.24) is 19.8 Å². The van der Waals surface area contributed by atoms with Crippen LogP contribution in [0.2, 0.25) is 0 Å². The van der Waals surface area contributed by atoms with E-state index in [-0.39, 0.29) is 17.9 Å². The number of fused-ring (bicyclic) bond motifs is 1. The number of carbonyl (C=O) groups is 2. The smallest absolute Gasteiger partial charge is 0.287 e. The topological polar surface area (TPSA) is 67.2 Å². The van der Waals surface area contributed by atoms with Crippen LogP contribution < -0.4 is 5.32 Å². The molecule has 0 atom stereocenters. The normalized spacial score (nSPS) is 17.9. The molecule has 2 aliphatic rings. The second-order valence-corrected chi connectivity index (χ2v) is 8.08. The van der Waals surface area contributed by atoms with E-state index >= 15 is 0 Å². The molecule has 0 spiro atoms. The van der Waals surface area contributed by atoms with Crippen molar-refractivity contribution in [3.8, 4) is 0 Å². The Labute approximate surface area is 162 Å². The minimum atomic E-state index is -0.111. The molecule has 0 unspecified atom stereocenters. The lowest BCUT2D eigenvalue weighted by atomic mass is 10.1. The molecule has 3 rings (SSSR count). The molecule has 6 nitrogen and oxygen atoms in total. The molecule has 1 aromatic rings. The van der Waals surface area contributed by atoms with Gasteiger partial charge >= 0.3 is 0 Å². The van der Waals surface area contributed by atoms with E-state index in [1.807, 2.05) is 11.6 Å². The Balaban J connectivity index is 1.79. The highest BCUT2D eigenvalue weighted by Gasteiger charge is 2.29. The molecule has 1 aromatic heterocycles. The van der Waals surface area contributed by atoms with Crippen LogP contribution >= 0.6 is 0 Å². The zero-order valence-electron chi connectivity index (χ0n) is 16.9. The average Bonchev–Trinajstić information content (AvgIpc) is 2.88. The fraction of sp³-hybridized carbons (Fsp3) is 0.762. The summed E-state index contributed by atoms with van der Waals surface area (Å²) in [6.45, 7) is 3.62. The molecule has 1 aliphatic heterocycles. The minimum Gasteiger partial charge on any atom is -0.347 e. The summed E-state index contributed by atoms with van der Waals surface area (Å²) in [5.41, 5.74) is 1.43. The van der Waals surface area contributed by atoms with Crippen molar-refractivity contribution in [1.29, 1.82) is 0 Å². The van der Waals surface area contributed by atoms with Crippen LogP contribution in [0.1, 0.15) is 97.9 Å². The molecule has 1 N–H and O–H groups in total. The van der Waals surface area contributed by atoms with Crippen LogP contribution in [0.5, 0.6) is 0 Å². The summed E-state index contributed by atoms with van der Waals surface area (Å²) in [6, 6.07) is 0.239. The number of hydrogen-bond donors (Lipinski definition) is 1. The molecule has 2 amide bonds. The van der Waals surface area contributed by atoms with E-state index in [1.165, 1.54) is 25.7 Å². The van der Waals surface area contributed by atoms with Gasteiger partial charge in [-0.3, -0.25) is 9.59 Å². The first-order valence-corrected chi connectivity index (χ1v) is 10.8. The summed E-state index contributed by atoms with van der Waals surface area (Å²) in [7, 11) is 1.83. The fourth-order valence-corrected chi connectivity index (χ4v) is 4.24. The Morgan fingerprint density at radius 2 is 1.89 bits per heavy atom. The molecule has 0 radical (unpaired) electrons. The highest BCUT2D eigenvalue weighted by Crippen LogP contribution is 2.23. The Kier molecular flexibility index (Phi) is 6.91. The highest BCUT2D eigenvalue weighted by molar-refractivity contribution is 5.97. The quantitative estimate of drug-likeness (QED) is 0.775. The monoisotopic (exact) mass is 374 g/mol. The second-order valence-electron chi connectivity index (χ2n) is 8.08. The molecule has 1 fully saturated rings. The molecule has 1 saturated carbocycles. The predicted molar refractivity (Wildman–Crippen MR) is 106 cm³/mol. The van der Waals surface area contributed by atoms with Gasteiger partial charge in [-0.15, -0.1) is 0 Å². The van der Waals surface area contributed by atoms with Crippen molar-refractivity contribution in [2.45, 2.75) is 90.1 Å². The van der Waals surface area contributed by atoms with Gasteiger partial charge in [0.15, 0.2) is 5.82 Å². The molecule has 27 heavy (non-hydrogen) atoms. The van der Waals surface area contributed by atoms with Gasteiger partial charge in [0.25, 0.3) is 11.8 Å². The Bertz CT molecular complexity index is 659. The zero-order chi connectivity index (χ0) is 19.2. The summed E-state index contributed by atoms with van der Waals surface area (Å²) in [6.07, 6.45) is 11.9. The second kappa shape index (κ2) is 9.38. The number of nitrogens with one attached hydrogen (secondary N) is 1. The number of carbonyl (C=O) groups excluding carboxylic acids is 2. The molecule has 6 heteroatoms. The lowest BCUT2D eigenvalue weighted by Crippen LogP contribution is -2.36. The molecule has 2 heterocycles. The van der Waals surface area contributed by atoms with E-state index < -0.39 is 0 Å². The summed E-state index contributed by atoms with van der Waals surface area (Å²) in [5.74, 6) is 0.268. The van der Waals surface area contributed by atoms with Gasteiger partial charge < -0.3 is 14.8 Å². The van der Waals surface area contributed by atoms with Crippen LogP contribution in [0.15, 0.2) is 0 Å². The van der Waals surface area contributed by atoms with Gasteiger partial charge in [-0.05, 0) is 38.5 Å². The van der Waals surface area contributed by atoms with Gasteiger partial charge in [0.05, 0.1) is 5.69 Å². The Hall–Kier alpha value is -1.85. The van der Waals surface area contributed by atoms with E-state index in [2.05, 4.69) is 17.2 Å². The van der Waals surface area contributed by atoms with Gasteiger partial charge in [-0.25, -0.2) is 4.98 Å². The van der Waals surface area contributed by atoms with Crippen LogP contribution in [-0.4, -0.2) is 45.9 Å². The van der Waals surface area contributed by atoms with Gasteiger partial charge in [0, 0.05) is 26.2 Å². The first-order valence-electron chi connectivity index (χ1n) is 10.8. The summed E-state index contributed by atoms with van der Waals surface area (Å²) >= 11 is 0. The maximum absolute atomic E-state index is 13.0. The lowest BCUT2D eigenvalue weighted by Gasteiger charge is -2.20. The first-order chi connectivity index (χ1) is 13.1. The SMILES string of the molecule is CCCCN(C)C(=O)c1nc(C(=O)NC2CCCCCC2)n2c1CCCC2.